The van der Waals surface area contributed by atoms with Crippen molar-refractivity contribution < 1.29 is 8.78 Å². The first kappa shape index (κ1) is 12.4. The van der Waals surface area contributed by atoms with E-state index in [1.165, 1.54) is 6.20 Å². The molecule has 7 heteroatoms. The molecule has 0 aliphatic heterocycles. The first-order valence-electron chi connectivity index (χ1n) is 4.70. The second-order valence-corrected chi connectivity index (χ2v) is 4.93. The van der Waals surface area contributed by atoms with E-state index in [-0.39, 0.29) is 15.5 Å². The summed E-state index contributed by atoms with van der Waals surface area (Å²) in [7, 11) is 0. The van der Waals surface area contributed by atoms with Gasteiger partial charge < -0.3 is 0 Å². The summed E-state index contributed by atoms with van der Waals surface area (Å²) >= 11 is 8.71. The molecule has 0 aliphatic rings. The summed E-state index contributed by atoms with van der Waals surface area (Å²) in [5, 5.41) is 7.12. The zero-order valence-electron chi connectivity index (χ0n) is 8.66. The van der Waals surface area contributed by atoms with Crippen LogP contribution in [0.4, 0.5) is 8.78 Å². The molecule has 0 bridgehead atoms. The van der Waals surface area contributed by atoms with Crippen molar-refractivity contribution in [1.29, 1.82) is 0 Å². The molecule has 2 rings (SSSR count). The molecule has 2 aromatic rings. The van der Waals surface area contributed by atoms with E-state index in [1.807, 2.05) is 0 Å². The van der Waals surface area contributed by atoms with Gasteiger partial charge in [0.25, 0.3) is 0 Å². The Morgan fingerprint density at radius 1 is 1.35 bits per heavy atom. The van der Waals surface area contributed by atoms with Crippen LogP contribution in [-0.4, -0.2) is 15.0 Å². The predicted octanol–water partition coefficient (Wildman–Crippen LogP) is 3.61. The number of halogens is 4. The predicted molar refractivity (Wildman–Crippen MR) is 63.2 cm³/mol. The number of benzene rings is 1. The molecule has 0 fully saturated rings. The Kier molecular flexibility index (Phi) is 3.44. The minimum absolute atomic E-state index is 0.0123. The van der Waals surface area contributed by atoms with Crippen molar-refractivity contribution >= 4 is 27.5 Å². The minimum atomic E-state index is -0.600. The van der Waals surface area contributed by atoms with Gasteiger partial charge in [0.15, 0.2) is 0 Å². The maximum Gasteiger partial charge on any atom is 0.150 e. The van der Waals surface area contributed by atoms with Crippen molar-refractivity contribution in [2.24, 2.45) is 0 Å². The van der Waals surface area contributed by atoms with Crippen LogP contribution >= 0.6 is 27.5 Å². The zero-order valence-corrected chi connectivity index (χ0v) is 11.0. The maximum absolute atomic E-state index is 13.6. The van der Waals surface area contributed by atoms with Crippen LogP contribution in [0.1, 0.15) is 18.0 Å². The molecule has 1 atom stereocenters. The molecule has 0 amide bonds. The molecule has 90 valence electrons. The van der Waals surface area contributed by atoms with Crippen LogP contribution in [0.25, 0.3) is 5.69 Å². The molecule has 0 spiro atoms. The van der Waals surface area contributed by atoms with E-state index < -0.39 is 11.6 Å². The first-order chi connectivity index (χ1) is 7.99. The van der Waals surface area contributed by atoms with Crippen molar-refractivity contribution in [2.75, 3.05) is 0 Å². The van der Waals surface area contributed by atoms with E-state index >= 15 is 0 Å². The van der Waals surface area contributed by atoms with Crippen molar-refractivity contribution in [3.8, 4) is 5.69 Å². The van der Waals surface area contributed by atoms with Crippen molar-refractivity contribution in [3.63, 3.8) is 0 Å². The molecule has 1 unspecified atom stereocenters. The lowest BCUT2D eigenvalue weighted by molar-refractivity contribution is 0.579. The van der Waals surface area contributed by atoms with Gasteiger partial charge in [-0.1, -0.05) is 5.21 Å². The van der Waals surface area contributed by atoms with Gasteiger partial charge in [-0.25, -0.2) is 13.5 Å². The summed E-state index contributed by atoms with van der Waals surface area (Å²) in [5.41, 5.74) is 0.483. The van der Waals surface area contributed by atoms with Gasteiger partial charge in [0.1, 0.15) is 23.0 Å². The van der Waals surface area contributed by atoms with Gasteiger partial charge in [0, 0.05) is 6.07 Å². The third kappa shape index (κ3) is 2.47. The largest absolute Gasteiger partial charge is 0.217 e. The summed E-state index contributed by atoms with van der Waals surface area (Å²) in [6.45, 7) is 1.72. The highest BCUT2D eigenvalue weighted by Gasteiger charge is 2.13. The first-order valence-corrected chi connectivity index (χ1v) is 5.93. The Labute approximate surface area is 110 Å². The van der Waals surface area contributed by atoms with Gasteiger partial charge in [-0.2, -0.15) is 0 Å². The van der Waals surface area contributed by atoms with Crippen LogP contribution in [0, 0.1) is 11.6 Å². The van der Waals surface area contributed by atoms with Crippen LogP contribution in [0.2, 0.25) is 0 Å². The van der Waals surface area contributed by atoms with E-state index in [2.05, 4.69) is 26.2 Å². The van der Waals surface area contributed by atoms with E-state index in [0.29, 0.717) is 5.69 Å². The fourth-order valence-electron chi connectivity index (χ4n) is 1.26. The number of aromatic nitrogens is 3. The van der Waals surface area contributed by atoms with Gasteiger partial charge in [-0.15, -0.1) is 16.7 Å². The summed E-state index contributed by atoms with van der Waals surface area (Å²) in [5.74, 6) is -1.17. The van der Waals surface area contributed by atoms with Crippen LogP contribution in [0.3, 0.4) is 0 Å². The second-order valence-electron chi connectivity index (χ2n) is 3.42. The highest BCUT2D eigenvalue weighted by molar-refractivity contribution is 9.10. The van der Waals surface area contributed by atoms with E-state index in [9.17, 15) is 8.78 Å². The third-order valence-electron chi connectivity index (χ3n) is 2.16. The smallest absolute Gasteiger partial charge is 0.150 e. The molecule has 1 aromatic heterocycles. The molecule has 0 saturated carbocycles. The van der Waals surface area contributed by atoms with Gasteiger partial charge in [0.05, 0.1) is 16.0 Å². The lowest BCUT2D eigenvalue weighted by Crippen LogP contribution is -2.00. The molecule has 0 radical (unpaired) electrons. The summed E-state index contributed by atoms with van der Waals surface area (Å²) in [6, 6.07) is 2.08. The average Bonchev–Trinajstić information content (AvgIpc) is 2.72. The van der Waals surface area contributed by atoms with Gasteiger partial charge >= 0.3 is 0 Å². The number of rotatable bonds is 2. The standard InChI is InChI=1S/C10H7BrClF2N3/c1-5(12)9-4-17(16-15-9)10-3-7(13)6(11)2-8(10)14/h2-5H,1H3. The number of nitrogens with zero attached hydrogens (tertiary/aromatic N) is 3. The quantitative estimate of drug-likeness (QED) is 0.625. The van der Waals surface area contributed by atoms with Crippen LogP contribution in [0.5, 0.6) is 0 Å². The van der Waals surface area contributed by atoms with E-state index in [0.717, 1.165) is 16.8 Å². The van der Waals surface area contributed by atoms with E-state index in [1.54, 1.807) is 6.92 Å². The SMILES string of the molecule is CC(Cl)c1cn(-c2cc(F)c(Br)cc2F)nn1. The molecule has 0 aliphatic carbocycles. The number of alkyl halides is 1. The Morgan fingerprint density at radius 2 is 2.06 bits per heavy atom. The Balaban J connectivity index is 2.49. The van der Waals surface area contributed by atoms with Crippen LogP contribution in [-0.2, 0) is 0 Å². The monoisotopic (exact) mass is 321 g/mol. The molecule has 3 nitrogen and oxygen atoms in total. The molecule has 0 saturated heterocycles. The second kappa shape index (κ2) is 4.70. The highest BCUT2D eigenvalue weighted by atomic mass is 79.9. The average molecular weight is 323 g/mol. The fourth-order valence-corrected chi connectivity index (χ4v) is 1.68. The van der Waals surface area contributed by atoms with Crippen LogP contribution < -0.4 is 0 Å². The molecule has 0 N–H and O–H groups in total. The Hall–Kier alpha value is -1.01. The third-order valence-corrected chi connectivity index (χ3v) is 2.99. The summed E-state index contributed by atoms with van der Waals surface area (Å²) in [4.78, 5) is 0. The zero-order chi connectivity index (χ0) is 12.6. The molecule has 17 heavy (non-hydrogen) atoms. The van der Waals surface area contributed by atoms with Gasteiger partial charge in [0.2, 0.25) is 0 Å². The highest BCUT2D eigenvalue weighted by Crippen LogP contribution is 2.23. The van der Waals surface area contributed by atoms with Crippen molar-refractivity contribution in [3.05, 3.63) is 40.1 Å². The summed E-state index contributed by atoms with van der Waals surface area (Å²) < 4.78 is 28.1. The normalized spacial score (nSPS) is 12.8. The van der Waals surface area contributed by atoms with Gasteiger partial charge in [-0.3, -0.25) is 0 Å². The lowest BCUT2D eigenvalue weighted by atomic mass is 10.3. The molecular weight excluding hydrogens is 315 g/mol. The fraction of sp³-hybridized carbons (Fsp3) is 0.200. The van der Waals surface area contributed by atoms with Gasteiger partial charge in [-0.05, 0) is 28.9 Å². The molecular formula is C10H7BrClF2N3. The minimum Gasteiger partial charge on any atom is -0.217 e. The van der Waals surface area contributed by atoms with Crippen molar-refractivity contribution in [1.82, 2.24) is 15.0 Å². The topological polar surface area (TPSA) is 30.7 Å². The summed E-state index contributed by atoms with van der Waals surface area (Å²) in [6.07, 6.45) is 1.46. The lowest BCUT2D eigenvalue weighted by Gasteiger charge is -2.03. The molecule has 1 heterocycles. The number of hydrogen-bond acceptors (Lipinski definition) is 2. The molecule has 1 aromatic carbocycles. The van der Waals surface area contributed by atoms with Crippen molar-refractivity contribution in [2.45, 2.75) is 12.3 Å². The van der Waals surface area contributed by atoms with Crippen LogP contribution in [0.15, 0.2) is 22.8 Å². The Morgan fingerprint density at radius 3 is 2.65 bits per heavy atom. The number of hydrogen-bond donors (Lipinski definition) is 0. The van der Waals surface area contributed by atoms with E-state index in [4.69, 9.17) is 11.6 Å². The Bertz CT molecular complexity index is 556. The maximum atomic E-state index is 13.6.